The Morgan fingerprint density at radius 2 is 0.927 bits per heavy atom. The maximum absolute atomic E-state index is 15.4. The van der Waals surface area contributed by atoms with Crippen molar-refractivity contribution in [2.75, 3.05) is 119 Å². The molecule has 4 unspecified atom stereocenters. The summed E-state index contributed by atoms with van der Waals surface area (Å²) in [6.07, 6.45) is 8.63. The van der Waals surface area contributed by atoms with Gasteiger partial charge in [-0.3, -0.25) is 43.6 Å². The molecule has 12 heterocycles. The van der Waals surface area contributed by atoms with Gasteiger partial charge in [0.15, 0.2) is 18.0 Å². The molecule has 12 aliphatic rings. The zero-order chi connectivity index (χ0) is 88.1. The number of anilines is 2. The lowest BCUT2D eigenvalue weighted by Crippen LogP contribution is -2.81. The van der Waals surface area contributed by atoms with Crippen LogP contribution in [-0.2, 0) is 98.4 Å². The number of ether oxygens (including phenoxy) is 8. The van der Waals surface area contributed by atoms with Crippen LogP contribution in [0.1, 0.15) is 167 Å². The lowest BCUT2D eigenvalue weighted by atomic mass is 9.47. The molecule has 20 atom stereocenters. The molecule has 29 heteroatoms. The Balaban J connectivity index is 0.000000175. The SMILES string of the molecule is CC[C@]12C=CCN3CC[C@@]4(c5cc([C@@]6(C(=O)OC)C[C@H]7CC(C(C)(F)F)CN(Cc8c6[nH]c6ccc(C(C)=O)cc86)C7)c(OC)cc5N(C)[C@H]4[C@@](O)(C(=O)OC)[C@@H]1OC(C)=O)[C@@H]32.CCc1ccc2[nH]c3c(c2c1)CN1CC(C(C)(F)F)C[C@@H](C1)C[C@]3(C(=O)OC)c1cc2c(cc1OC)N(C)[C@H]1[C@@](O)(C(=O)OC)[C@H](OC(C)=O)[C@]3(CC)C=CCN4CC[C@]21[C@@H]43. The molecule has 0 radical (unpaired) electrons. The number of nitrogens with one attached hydrogen (secondary N) is 2. The van der Waals surface area contributed by atoms with Gasteiger partial charge in [0.25, 0.3) is 0 Å². The smallest absolute Gasteiger partial charge is 0.344 e. The van der Waals surface area contributed by atoms with Gasteiger partial charge in [-0.2, -0.15) is 0 Å². The van der Waals surface area contributed by atoms with Gasteiger partial charge in [-0.1, -0.05) is 51.1 Å². The Hall–Kier alpha value is -9.39. The van der Waals surface area contributed by atoms with E-state index in [1.54, 1.807) is 26.3 Å². The zero-order valence-corrected chi connectivity index (χ0v) is 73.0. The molecule has 6 aromatic rings. The number of alkyl halides is 4. The van der Waals surface area contributed by atoms with Crippen LogP contribution >= 0.6 is 0 Å². The molecule has 4 N–H and O–H groups in total. The molecule has 18 rings (SSSR count). The third-order valence-corrected chi connectivity index (χ3v) is 31.6. The van der Waals surface area contributed by atoms with Gasteiger partial charge in [-0.05, 0) is 174 Å². The number of piperidine rings is 2. The summed E-state index contributed by atoms with van der Waals surface area (Å²) in [7, 11) is 11.8. The Morgan fingerprint density at radius 1 is 0.520 bits per heavy atom. The number of methoxy groups -OCH3 is 6. The highest BCUT2D eigenvalue weighted by atomic mass is 19.3. The fourth-order valence-electron chi connectivity index (χ4n) is 27.1. The average molecular weight is 1700 g/mol. The number of Topliss-reactive ketones (excluding diaryl/α,β-unsaturated/α-hetero) is 1. The number of hydrogen-bond acceptors (Lipinski definition) is 23. The van der Waals surface area contributed by atoms with E-state index in [1.165, 1.54) is 56.3 Å². The number of hydrogen-bond donors (Lipinski definition) is 4. The molecule has 10 aliphatic heterocycles. The number of nitrogens with zero attached hydrogens (tertiary/aromatic N) is 6. The van der Waals surface area contributed by atoms with Crippen LogP contribution in [0.15, 0.2) is 85.0 Å². The van der Waals surface area contributed by atoms with Crippen LogP contribution in [0, 0.1) is 34.5 Å². The van der Waals surface area contributed by atoms with Gasteiger partial charge in [-0.25, -0.2) is 27.2 Å². The Labute approximate surface area is 713 Å². The number of aliphatic hydroxyl groups is 2. The molecule has 660 valence electrons. The van der Waals surface area contributed by atoms with Gasteiger partial charge >= 0.3 is 35.8 Å². The minimum Gasteiger partial charge on any atom is -0.496 e. The van der Waals surface area contributed by atoms with Gasteiger partial charge in [0.05, 0.1) is 54.7 Å². The van der Waals surface area contributed by atoms with E-state index in [4.69, 9.17) is 37.9 Å². The second kappa shape index (κ2) is 29.9. The fourth-order valence-corrected chi connectivity index (χ4v) is 27.1. The minimum atomic E-state index is -2.99. The summed E-state index contributed by atoms with van der Waals surface area (Å²) in [5.74, 6) is -12.3. The molecule has 4 aromatic carbocycles. The van der Waals surface area contributed by atoms with Crippen LogP contribution in [0.2, 0.25) is 0 Å². The molecule has 2 aliphatic carbocycles. The monoisotopic (exact) mass is 1700 g/mol. The molecule has 123 heavy (non-hydrogen) atoms. The van der Waals surface area contributed by atoms with E-state index in [1.807, 2.05) is 96.3 Å². The lowest BCUT2D eigenvalue weighted by Gasteiger charge is -2.63. The van der Waals surface area contributed by atoms with E-state index < -0.39 is 134 Å². The van der Waals surface area contributed by atoms with Crippen molar-refractivity contribution >= 4 is 74.8 Å². The van der Waals surface area contributed by atoms with Gasteiger partial charge in [0.1, 0.15) is 22.3 Å². The topological polar surface area (TPSA) is 285 Å². The first-order valence-corrected chi connectivity index (χ1v) is 43.2. The van der Waals surface area contributed by atoms with Crippen molar-refractivity contribution < 1.29 is 99.2 Å². The predicted molar refractivity (Wildman–Crippen MR) is 448 cm³/mol. The number of aromatic amines is 2. The van der Waals surface area contributed by atoms with E-state index >= 15 is 27.2 Å². The first kappa shape index (κ1) is 85.8. The van der Waals surface area contributed by atoms with Gasteiger partial charge < -0.3 is 67.9 Å². The quantitative estimate of drug-likeness (QED) is 0.0230. The highest BCUT2D eigenvalue weighted by Crippen LogP contribution is 2.71. The number of likely N-dealkylation sites (N-methyl/N-ethyl adjacent to an activating group) is 2. The van der Waals surface area contributed by atoms with Gasteiger partial charge in [0.2, 0.25) is 23.0 Å². The van der Waals surface area contributed by atoms with Crippen molar-refractivity contribution in [3.8, 4) is 11.5 Å². The number of rotatable bonds is 16. The van der Waals surface area contributed by atoms with Crippen molar-refractivity contribution in [3.63, 3.8) is 0 Å². The van der Waals surface area contributed by atoms with Crippen LogP contribution < -0.4 is 19.3 Å². The Morgan fingerprint density at radius 3 is 1.29 bits per heavy atom. The van der Waals surface area contributed by atoms with Crippen molar-refractivity contribution in [2.45, 2.75) is 207 Å². The molecule has 2 aromatic heterocycles. The third kappa shape index (κ3) is 11.9. The Kier molecular flexibility index (Phi) is 20.8. The van der Waals surface area contributed by atoms with Crippen LogP contribution in [0.3, 0.4) is 0 Å². The van der Waals surface area contributed by atoms with E-state index in [0.717, 1.165) is 53.4 Å². The molecular formula is C94H114F4N8O17. The summed E-state index contributed by atoms with van der Waals surface area (Å²) >= 11 is 0. The first-order valence-electron chi connectivity index (χ1n) is 43.2. The summed E-state index contributed by atoms with van der Waals surface area (Å²) in [4.78, 5) is 118. The van der Waals surface area contributed by atoms with Crippen LogP contribution in [0.4, 0.5) is 28.9 Å². The summed E-state index contributed by atoms with van der Waals surface area (Å²) in [6.45, 7) is 16.3. The zero-order valence-electron chi connectivity index (χ0n) is 73.0. The molecule has 6 fully saturated rings. The number of aryl methyl sites for hydroxylation is 1. The summed E-state index contributed by atoms with van der Waals surface area (Å²) in [5.41, 5.74) is -2.40. The van der Waals surface area contributed by atoms with Crippen molar-refractivity contribution in [1.82, 2.24) is 29.6 Å². The molecule has 2 spiro atoms. The number of halogens is 4. The van der Waals surface area contributed by atoms with Crippen molar-refractivity contribution in [3.05, 3.63) is 141 Å². The molecule has 4 bridgehead atoms. The van der Waals surface area contributed by atoms with Gasteiger partial charge in [0, 0.05) is 199 Å². The maximum Gasteiger partial charge on any atom is 0.344 e. The Bertz CT molecular complexity index is 5430. The first-order chi connectivity index (χ1) is 58.4. The van der Waals surface area contributed by atoms with Crippen LogP contribution in [-0.4, -0.2) is 250 Å². The van der Waals surface area contributed by atoms with Crippen molar-refractivity contribution in [2.24, 2.45) is 34.5 Å². The molecule has 2 saturated carbocycles. The average Bonchev–Trinajstić information content (AvgIpc) is 1.49. The molecule has 4 saturated heterocycles. The predicted octanol–water partition coefficient (Wildman–Crippen LogP) is 10.9. The minimum absolute atomic E-state index is 0.0847. The molecule has 0 amide bonds. The van der Waals surface area contributed by atoms with E-state index in [2.05, 4.69) is 43.7 Å². The van der Waals surface area contributed by atoms with E-state index in [-0.39, 0.29) is 69.0 Å². The van der Waals surface area contributed by atoms with Crippen LogP contribution in [0.5, 0.6) is 11.5 Å². The number of ketones is 1. The molecular weight excluding hydrogens is 1590 g/mol. The van der Waals surface area contributed by atoms with Crippen molar-refractivity contribution in [1.29, 1.82) is 0 Å². The van der Waals surface area contributed by atoms with E-state index in [9.17, 15) is 34.2 Å². The summed E-state index contributed by atoms with van der Waals surface area (Å²) < 4.78 is 109. The second-order valence-corrected chi connectivity index (χ2v) is 37.5. The number of carbonyl (C=O) groups excluding carboxylic acids is 7. The number of aromatic nitrogens is 2. The highest BCUT2D eigenvalue weighted by Gasteiger charge is 2.83. The van der Waals surface area contributed by atoms with Crippen LogP contribution in [0.25, 0.3) is 21.8 Å². The largest absolute Gasteiger partial charge is 0.496 e. The fraction of sp³-hybridized carbons (Fsp3) is 0.585. The number of H-pyrrole nitrogens is 2. The third-order valence-electron chi connectivity index (χ3n) is 31.6. The summed E-state index contributed by atoms with van der Waals surface area (Å²) in [5, 5.41) is 28.3. The number of carbonyl (C=O) groups is 7. The normalized spacial score (nSPS) is 34.8. The standard InChI is InChI=1S/C47H56F2N4O9.C47H58F2N4O8/c1-9-44-13-10-15-53-16-14-45(38(44)53)32-19-33(36(59-6)20-35(32)51(5)39(45)47(58,42(57)61-8)40(44)62-26(3)55)46(41(56)60-7)21-27-17-29(43(4,48)49)23-52(22-27)24-31-30-18-28(25(2)54)11-12-34(30)50-37(31)46;1-9-27-12-13-34-30(19-27)31-25-52-23-28(18-29(24-52)43(4,48)49)22-46(37(31)50-34,41(55)59-7)33-20-32-35(21-36(33)58-6)51(5)39-45(32)15-17-53-16-11-14-44(10-2,38(45)53)40(61-26(3)54)47(39,57)42(56)60-8/h10-13,18-20,27,29,38-40,50,58H,9,14-17,21-24H2,1-8H3;11-14,19-21,28-29,38-40,50,57H,9-10,15-18,22-25H2,1-8H3/t27-,29?,38+,39-,40-,44-,45-,46+,47+;28-,29?,38+,39-,40-,44-,45-,46+,47+/m11/s1. The number of esters is 6. The molecule has 25 nitrogen and oxygen atoms in total. The number of benzene rings is 4. The lowest BCUT2D eigenvalue weighted by molar-refractivity contribution is -0.229. The number of fused-ring (bicyclic) bond motifs is 12. The summed E-state index contributed by atoms with van der Waals surface area (Å²) in [6, 6.07) is 16.5. The highest BCUT2D eigenvalue weighted by molar-refractivity contribution is 6.01. The van der Waals surface area contributed by atoms with Gasteiger partial charge in [-0.15, -0.1) is 0 Å². The maximum atomic E-state index is 15.4. The van der Waals surface area contributed by atoms with E-state index in [0.29, 0.717) is 139 Å². The second-order valence-electron chi connectivity index (χ2n) is 37.5.